The van der Waals surface area contributed by atoms with E-state index in [0.717, 1.165) is 22.4 Å². The molecule has 0 amide bonds. The molecular weight excluding hydrogens is 304 g/mol. The van der Waals surface area contributed by atoms with E-state index in [2.05, 4.69) is 5.92 Å². The van der Waals surface area contributed by atoms with Crippen LogP contribution in [0.25, 0.3) is 0 Å². The van der Waals surface area contributed by atoms with Crippen LogP contribution in [0.4, 0.5) is 0 Å². The van der Waals surface area contributed by atoms with E-state index in [1.807, 2.05) is 48.5 Å². The summed E-state index contributed by atoms with van der Waals surface area (Å²) < 4.78 is 23.3. The molecule has 2 aromatic carbocycles. The largest absolute Gasteiger partial charge is 0.497 e. The third-order valence-corrected chi connectivity index (χ3v) is 4.72. The van der Waals surface area contributed by atoms with Crippen molar-refractivity contribution in [2.75, 3.05) is 26.9 Å². The first-order chi connectivity index (χ1) is 11.7. The highest BCUT2D eigenvalue weighted by atomic mass is 16.9. The number of hydrogen-bond acceptors (Lipinski definition) is 4. The van der Waals surface area contributed by atoms with Gasteiger partial charge >= 0.3 is 5.97 Å². The lowest BCUT2D eigenvalue weighted by atomic mass is 9.80. The highest BCUT2D eigenvalue weighted by Gasteiger charge is 2.54. The van der Waals surface area contributed by atoms with E-state index in [4.69, 9.17) is 25.4 Å². The first-order valence-corrected chi connectivity index (χ1v) is 7.83. The summed E-state index contributed by atoms with van der Waals surface area (Å²) in [6.45, 7) is 1.61. The number of benzene rings is 2. The lowest BCUT2D eigenvalue weighted by molar-refractivity contribution is -0.466. The van der Waals surface area contributed by atoms with Crippen LogP contribution >= 0.6 is 0 Å². The van der Waals surface area contributed by atoms with Crippen molar-refractivity contribution in [3.63, 3.8) is 0 Å². The molecule has 0 aromatic heterocycles. The van der Waals surface area contributed by atoms with Gasteiger partial charge in [0.25, 0.3) is 0 Å². The summed E-state index contributed by atoms with van der Waals surface area (Å²) in [6, 6.07) is 15.5. The predicted molar refractivity (Wildman–Crippen MR) is 88.6 cm³/mol. The fraction of sp³-hybridized carbons (Fsp3) is 0.300. The Morgan fingerprint density at radius 1 is 0.875 bits per heavy atom. The average Bonchev–Trinajstić information content (AvgIpc) is 2.69. The van der Waals surface area contributed by atoms with Gasteiger partial charge in [-0.1, -0.05) is 18.1 Å². The minimum absolute atomic E-state index is 0.285. The van der Waals surface area contributed by atoms with E-state index in [1.165, 1.54) is 0 Å². The molecule has 122 valence electrons. The highest BCUT2D eigenvalue weighted by molar-refractivity contribution is 5.37. The Kier molecular flexibility index (Phi) is 3.58. The molecule has 2 bridgehead atoms. The zero-order valence-corrected chi connectivity index (χ0v) is 13.5. The van der Waals surface area contributed by atoms with Gasteiger partial charge in [0, 0.05) is 11.1 Å². The van der Waals surface area contributed by atoms with Gasteiger partial charge in [0.1, 0.15) is 5.75 Å². The number of rotatable bonds is 3. The second-order valence-electron chi connectivity index (χ2n) is 6.15. The second-order valence-corrected chi connectivity index (χ2v) is 6.15. The van der Waals surface area contributed by atoms with E-state index < -0.39 is 5.97 Å². The molecule has 4 heteroatoms. The molecule has 0 aliphatic carbocycles. The molecule has 3 saturated heterocycles. The predicted octanol–water partition coefficient (Wildman–Crippen LogP) is 2.80. The van der Waals surface area contributed by atoms with Crippen LogP contribution < -0.4 is 4.74 Å². The summed E-state index contributed by atoms with van der Waals surface area (Å²) in [5.41, 5.74) is 2.48. The van der Waals surface area contributed by atoms with Gasteiger partial charge in [-0.15, -0.1) is 6.42 Å². The van der Waals surface area contributed by atoms with Crippen LogP contribution in [0.2, 0.25) is 0 Å². The summed E-state index contributed by atoms with van der Waals surface area (Å²) in [5.74, 6) is 2.30. The molecule has 0 unspecified atom stereocenters. The summed E-state index contributed by atoms with van der Waals surface area (Å²) in [4.78, 5) is 0. The minimum Gasteiger partial charge on any atom is -0.497 e. The fourth-order valence-corrected chi connectivity index (χ4v) is 3.16. The third-order valence-electron chi connectivity index (χ3n) is 4.72. The van der Waals surface area contributed by atoms with Crippen molar-refractivity contribution in [3.8, 4) is 18.1 Å². The van der Waals surface area contributed by atoms with Gasteiger partial charge < -0.3 is 18.9 Å². The fourth-order valence-electron chi connectivity index (χ4n) is 3.16. The maximum Gasteiger partial charge on any atom is 0.312 e. The molecule has 24 heavy (non-hydrogen) atoms. The Balaban J connectivity index is 1.57. The van der Waals surface area contributed by atoms with Crippen LogP contribution in [-0.2, 0) is 25.6 Å². The highest BCUT2D eigenvalue weighted by Crippen LogP contribution is 2.45. The van der Waals surface area contributed by atoms with E-state index in [-0.39, 0.29) is 5.41 Å². The van der Waals surface area contributed by atoms with Crippen LogP contribution in [0.1, 0.15) is 16.7 Å². The zero-order valence-electron chi connectivity index (χ0n) is 13.5. The molecule has 4 nitrogen and oxygen atoms in total. The van der Waals surface area contributed by atoms with Crippen LogP contribution in [0.5, 0.6) is 5.75 Å². The Labute approximate surface area is 141 Å². The summed E-state index contributed by atoms with van der Waals surface area (Å²) in [6.07, 6.45) is 5.40. The molecule has 3 heterocycles. The molecular formula is C20H18O4. The summed E-state index contributed by atoms with van der Waals surface area (Å²) in [5, 5.41) is 0. The van der Waals surface area contributed by atoms with Gasteiger partial charge in [-0.3, -0.25) is 0 Å². The second kappa shape index (κ2) is 5.64. The van der Waals surface area contributed by atoms with Gasteiger partial charge in [-0.2, -0.15) is 0 Å². The quantitative estimate of drug-likeness (QED) is 0.814. The van der Waals surface area contributed by atoms with E-state index in [0.29, 0.717) is 19.8 Å². The molecule has 3 fully saturated rings. The normalized spacial score (nSPS) is 28.3. The van der Waals surface area contributed by atoms with Gasteiger partial charge in [-0.25, -0.2) is 0 Å². The molecule has 2 aromatic rings. The monoisotopic (exact) mass is 322 g/mol. The Bertz CT molecular complexity index is 746. The van der Waals surface area contributed by atoms with Gasteiger partial charge in [0.2, 0.25) is 0 Å². The van der Waals surface area contributed by atoms with Crippen molar-refractivity contribution in [1.29, 1.82) is 0 Å². The number of methoxy groups -OCH3 is 1. The lowest BCUT2D eigenvalue weighted by Gasteiger charge is -2.52. The zero-order chi connectivity index (χ0) is 16.6. The number of ether oxygens (including phenoxy) is 4. The number of fused-ring (bicyclic) bond motifs is 3. The Hall–Kier alpha value is -2.32. The topological polar surface area (TPSA) is 36.9 Å². The van der Waals surface area contributed by atoms with Crippen LogP contribution in [-0.4, -0.2) is 26.9 Å². The van der Waals surface area contributed by atoms with E-state index in [1.54, 1.807) is 7.11 Å². The average molecular weight is 322 g/mol. The smallest absolute Gasteiger partial charge is 0.312 e. The molecule has 0 spiro atoms. The van der Waals surface area contributed by atoms with Gasteiger partial charge in [0.15, 0.2) is 0 Å². The Morgan fingerprint density at radius 3 is 1.92 bits per heavy atom. The first kappa shape index (κ1) is 15.2. The van der Waals surface area contributed by atoms with Crippen molar-refractivity contribution in [3.05, 3.63) is 65.2 Å². The van der Waals surface area contributed by atoms with Gasteiger partial charge in [-0.05, 0) is 42.0 Å². The summed E-state index contributed by atoms with van der Waals surface area (Å²) in [7, 11) is 1.66. The van der Waals surface area contributed by atoms with Crippen molar-refractivity contribution in [2.24, 2.45) is 0 Å². The molecule has 3 aliphatic rings. The molecule has 5 rings (SSSR count). The molecule has 0 atom stereocenters. The molecule has 0 saturated carbocycles. The van der Waals surface area contributed by atoms with E-state index in [9.17, 15) is 0 Å². The van der Waals surface area contributed by atoms with Crippen LogP contribution in [0.15, 0.2) is 48.5 Å². The summed E-state index contributed by atoms with van der Waals surface area (Å²) >= 11 is 0. The van der Waals surface area contributed by atoms with Crippen molar-refractivity contribution < 1.29 is 18.9 Å². The molecule has 0 radical (unpaired) electrons. The Morgan fingerprint density at radius 2 is 1.42 bits per heavy atom. The number of hydrogen-bond donors (Lipinski definition) is 0. The first-order valence-electron chi connectivity index (χ1n) is 7.83. The molecule has 3 aliphatic heterocycles. The van der Waals surface area contributed by atoms with Crippen LogP contribution in [0.3, 0.4) is 0 Å². The maximum absolute atomic E-state index is 6.01. The number of terminal acetylenes is 1. The third kappa shape index (κ3) is 2.30. The van der Waals surface area contributed by atoms with Crippen molar-refractivity contribution >= 4 is 0 Å². The SMILES string of the molecule is C#Cc1ccc(C23OCC(c4ccc(OC)cc4)(CO2)CO3)cc1. The van der Waals surface area contributed by atoms with E-state index >= 15 is 0 Å². The lowest BCUT2D eigenvalue weighted by Crippen LogP contribution is -2.60. The van der Waals surface area contributed by atoms with Crippen molar-refractivity contribution in [1.82, 2.24) is 0 Å². The maximum atomic E-state index is 6.01. The standard InChI is InChI=1S/C20H18O4/c1-3-15-4-6-17(7-5-15)20-22-12-19(13-23-20,14-24-20)16-8-10-18(21-2)11-9-16/h1,4-11H,12-14H2,2H3. The van der Waals surface area contributed by atoms with Crippen molar-refractivity contribution in [2.45, 2.75) is 11.4 Å². The molecule has 0 N–H and O–H groups in total. The van der Waals surface area contributed by atoms with Gasteiger partial charge in [0.05, 0.1) is 32.3 Å². The van der Waals surface area contributed by atoms with Crippen LogP contribution in [0, 0.1) is 12.3 Å². The minimum atomic E-state index is -1.12.